The maximum absolute atomic E-state index is 13.2. The van der Waals surface area contributed by atoms with Crippen LogP contribution in [0.1, 0.15) is 29.8 Å². The average Bonchev–Trinajstić information content (AvgIpc) is 2.84. The summed E-state index contributed by atoms with van der Waals surface area (Å²) in [4.78, 5) is 40.2. The second-order valence-electron chi connectivity index (χ2n) is 8.99. The van der Waals surface area contributed by atoms with Crippen LogP contribution in [0.3, 0.4) is 0 Å². The Morgan fingerprint density at radius 3 is 2.48 bits per heavy atom. The number of piperazine rings is 1. The minimum Gasteiger partial charge on any atom is -0.493 e. The molecule has 1 aromatic heterocycles. The summed E-state index contributed by atoms with van der Waals surface area (Å²) in [6.45, 7) is 4.76. The van der Waals surface area contributed by atoms with E-state index >= 15 is 0 Å². The molecule has 2 fully saturated rings. The van der Waals surface area contributed by atoms with Crippen LogP contribution in [0.15, 0.2) is 42.9 Å². The molecule has 1 aromatic carbocycles. The van der Waals surface area contributed by atoms with Crippen LogP contribution < -0.4 is 4.74 Å². The number of halogens is 1. The lowest BCUT2D eigenvalue weighted by Gasteiger charge is -2.42. The van der Waals surface area contributed by atoms with Crippen LogP contribution in [0.25, 0.3) is 0 Å². The number of benzene rings is 1. The first-order chi connectivity index (χ1) is 15.9. The van der Waals surface area contributed by atoms with Crippen LogP contribution >= 0.6 is 11.6 Å². The highest BCUT2D eigenvalue weighted by molar-refractivity contribution is 6.30. The first kappa shape index (κ1) is 23.4. The van der Waals surface area contributed by atoms with Crippen LogP contribution in [0.5, 0.6) is 5.75 Å². The van der Waals surface area contributed by atoms with Gasteiger partial charge < -0.3 is 19.4 Å². The summed E-state index contributed by atoms with van der Waals surface area (Å²) >= 11 is 6.11. The van der Waals surface area contributed by atoms with Gasteiger partial charge in [0.15, 0.2) is 0 Å². The lowest BCUT2D eigenvalue weighted by Crippen LogP contribution is -2.51. The molecule has 0 aliphatic carbocycles. The number of carbonyl (C=O) groups is 2. The zero-order valence-electron chi connectivity index (χ0n) is 19.0. The number of likely N-dealkylation sites (N-methyl/N-ethyl adjacent to an activating group) is 1. The number of hydrogen-bond donors (Lipinski definition) is 0. The lowest BCUT2D eigenvalue weighted by molar-refractivity contribution is -0.136. The Balaban J connectivity index is 1.44. The molecule has 0 atom stereocenters. The van der Waals surface area contributed by atoms with E-state index in [-0.39, 0.29) is 17.2 Å². The highest BCUT2D eigenvalue weighted by atomic mass is 35.5. The molecule has 0 spiro atoms. The van der Waals surface area contributed by atoms with Gasteiger partial charge in [0.05, 0.1) is 12.8 Å². The third kappa shape index (κ3) is 6.00. The number of carbonyl (C=O) groups excluding carboxylic acids is 2. The van der Waals surface area contributed by atoms with E-state index in [0.717, 1.165) is 26.2 Å². The number of likely N-dealkylation sites (tertiary alicyclic amines) is 1. The predicted octanol–water partition coefficient (Wildman–Crippen LogP) is 2.60. The van der Waals surface area contributed by atoms with Crippen LogP contribution in [-0.4, -0.2) is 89.4 Å². The smallest absolute Gasteiger partial charge is 0.274 e. The molecule has 0 N–H and O–H groups in total. The Bertz CT molecular complexity index is 958. The second kappa shape index (κ2) is 10.5. The zero-order valence-corrected chi connectivity index (χ0v) is 19.7. The number of ether oxygens (including phenoxy) is 1. The van der Waals surface area contributed by atoms with Gasteiger partial charge >= 0.3 is 0 Å². The van der Waals surface area contributed by atoms with E-state index < -0.39 is 0 Å². The summed E-state index contributed by atoms with van der Waals surface area (Å²) < 4.78 is 6.13. The van der Waals surface area contributed by atoms with Crippen molar-refractivity contribution in [3.8, 4) is 5.75 Å². The fourth-order valence-corrected chi connectivity index (χ4v) is 4.59. The summed E-state index contributed by atoms with van der Waals surface area (Å²) in [6, 6.07) is 7.30. The lowest BCUT2D eigenvalue weighted by atomic mass is 9.75. The first-order valence-corrected chi connectivity index (χ1v) is 11.7. The van der Waals surface area contributed by atoms with Gasteiger partial charge in [0.25, 0.3) is 5.91 Å². The van der Waals surface area contributed by atoms with Gasteiger partial charge in [-0.25, -0.2) is 4.98 Å². The SMILES string of the molecule is CN1CCN(C(=O)CC2(COc3cccc(Cl)c3)CCN(C(=O)c3cnccn3)CC2)CC1. The zero-order chi connectivity index (χ0) is 23.3. The van der Waals surface area contributed by atoms with Crippen LogP contribution in [0.2, 0.25) is 5.02 Å². The van der Waals surface area contributed by atoms with Crippen molar-refractivity contribution in [2.24, 2.45) is 5.41 Å². The van der Waals surface area contributed by atoms with Crippen molar-refractivity contribution in [3.63, 3.8) is 0 Å². The van der Waals surface area contributed by atoms with Gasteiger partial charge in [-0.1, -0.05) is 17.7 Å². The molecule has 9 heteroatoms. The van der Waals surface area contributed by atoms with E-state index in [1.807, 2.05) is 17.0 Å². The molecule has 8 nitrogen and oxygen atoms in total. The van der Waals surface area contributed by atoms with Crippen molar-refractivity contribution in [2.45, 2.75) is 19.3 Å². The van der Waals surface area contributed by atoms with E-state index in [9.17, 15) is 9.59 Å². The van der Waals surface area contributed by atoms with Crippen molar-refractivity contribution in [1.29, 1.82) is 0 Å². The molecule has 0 radical (unpaired) electrons. The molecule has 2 aromatic rings. The number of aromatic nitrogens is 2. The van der Waals surface area contributed by atoms with Crippen molar-refractivity contribution in [2.75, 3.05) is 52.9 Å². The summed E-state index contributed by atoms with van der Waals surface area (Å²) in [5.74, 6) is 0.719. The second-order valence-corrected chi connectivity index (χ2v) is 9.43. The van der Waals surface area contributed by atoms with Gasteiger partial charge in [0, 0.05) is 68.5 Å². The van der Waals surface area contributed by atoms with Crippen molar-refractivity contribution in [1.82, 2.24) is 24.7 Å². The molecule has 176 valence electrons. The first-order valence-electron chi connectivity index (χ1n) is 11.3. The van der Waals surface area contributed by atoms with Gasteiger partial charge in [-0.3, -0.25) is 14.6 Å². The molecule has 0 unspecified atom stereocenters. The topological polar surface area (TPSA) is 78.9 Å². The maximum atomic E-state index is 13.2. The molecule has 0 saturated carbocycles. The number of piperidine rings is 1. The maximum Gasteiger partial charge on any atom is 0.274 e. The molecule has 2 amide bonds. The largest absolute Gasteiger partial charge is 0.493 e. The Morgan fingerprint density at radius 2 is 1.82 bits per heavy atom. The molecule has 2 saturated heterocycles. The minimum absolute atomic E-state index is 0.127. The van der Waals surface area contributed by atoms with Crippen LogP contribution in [0, 0.1) is 5.41 Å². The number of hydrogen-bond acceptors (Lipinski definition) is 6. The fourth-order valence-electron chi connectivity index (χ4n) is 4.41. The van der Waals surface area contributed by atoms with E-state index in [0.29, 0.717) is 55.4 Å². The number of nitrogens with zero attached hydrogens (tertiary/aromatic N) is 5. The van der Waals surface area contributed by atoms with Gasteiger partial charge in [0.2, 0.25) is 5.91 Å². The Morgan fingerprint density at radius 1 is 1.06 bits per heavy atom. The molecule has 0 bridgehead atoms. The Labute approximate surface area is 199 Å². The predicted molar refractivity (Wildman–Crippen MR) is 125 cm³/mol. The molecule has 4 rings (SSSR count). The highest BCUT2D eigenvalue weighted by Gasteiger charge is 2.40. The van der Waals surface area contributed by atoms with Crippen molar-refractivity contribution < 1.29 is 14.3 Å². The van der Waals surface area contributed by atoms with E-state index in [2.05, 4.69) is 21.9 Å². The summed E-state index contributed by atoms with van der Waals surface area (Å²) in [5.41, 5.74) is -0.00396. The van der Waals surface area contributed by atoms with Crippen LogP contribution in [-0.2, 0) is 4.79 Å². The minimum atomic E-state index is -0.345. The highest BCUT2D eigenvalue weighted by Crippen LogP contribution is 2.37. The number of amides is 2. The molecule has 2 aliphatic heterocycles. The molecule has 2 aliphatic rings. The monoisotopic (exact) mass is 471 g/mol. The van der Waals surface area contributed by atoms with E-state index in [4.69, 9.17) is 16.3 Å². The van der Waals surface area contributed by atoms with Gasteiger partial charge in [-0.15, -0.1) is 0 Å². The van der Waals surface area contributed by atoms with Crippen molar-refractivity contribution >= 4 is 23.4 Å². The Hall–Kier alpha value is -2.71. The molecule has 3 heterocycles. The van der Waals surface area contributed by atoms with Gasteiger partial charge in [-0.2, -0.15) is 0 Å². The van der Waals surface area contributed by atoms with Gasteiger partial charge in [0.1, 0.15) is 11.4 Å². The van der Waals surface area contributed by atoms with Crippen LogP contribution in [0.4, 0.5) is 0 Å². The van der Waals surface area contributed by atoms with E-state index in [1.165, 1.54) is 12.4 Å². The average molecular weight is 472 g/mol. The van der Waals surface area contributed by atoms with E-state index in [1.54, 1.807) is 23.2 Å². The normalized spacial score (nSPS) is 18.7. The quantitative estimate of drug-likeness (QED) is 0.644. The summed E-state index contributed by atoms with van der Waals surface area (Å²) in [6.07, 6.45) is 6.33. The molecular weight excluding hydrogens is 442 g/mol. The summed E-state index contributed by atoms with van der Waals surface area (Å²) in [5, 5.41) is 0.611. The standard InChI is InChI=1S/C24H30ClN5O3/c1-28-11-13-29(14-12-28)22(31)16-24(18-33-20-4-2-3-19(25)15-20)5-9-30(10-6-24)23(32)21-17-26-7-8-27-21/h2-4,7-8,15,17H,5-6,9-14,16,18H2,1H3. The molecule has 33 heavy (non-hydrogen) atoms. The Kier molecular flexibility index (Phi) is 7.45. The molecular formula is C24H30ClN5O3. The third-order valence-corrected chi connectivity index (χ3v) is 6.85. The summed E-state index contributed by atoms with van der Waals surface area (Å²) in [7, 11) is 2.08. The van der Waals surface area contributed by atoms with Gasteiger partial charge in [-0.05, 0) is 38.1 Å². The van der Waals surface area contributed by atoms with Crippen molar-refractivity contribution in [3.05, 3.63) is 53.6 Å². The number of rotatable bonds is 6. The third-order valence-electron chi connectivity index (χ3n) is 6.62. The fraction of sp³-hybridized carbons (Fsp3) is 0.500.